The van der Waals surface area contributed by atoms with E-state index in [-0.39, 0.29) is 206 Å². The van der Waals surface area contributed by atoms with Gasteiger partial charge in [-0.2, -0.15) is 0 Å². The van der Waals surface area contributed by atoms with E-state index < -0.39 is 30.6 Å². The molecule has 7 nitrogen and oxygen atoms in total. The van der Waals surface area contributed by atoms with Gasteiger partial charge in [0.25, 0.3) is 0 Å². The third-order valence-electron chi connectivity index (χ3n) is 0.167. The Morgan fingerprint density at radius 3 is 0.857 bits per heavy atom. The van der Waals surface area contributed by atoms with Gasteiger partial charge in [-0.1, -0.05) is 0 Å². The van der Waals surface area contributed by atoms with Crippen LogP contribution in [0.1, 0.15) is 0 Å². The molecule has 58 valence electrons. The van der Waals surface area contributed by atoms with E-state index in [4.69, 9.17) is 30.5 Å². The molecule has 0 saturated carbocycles. The van der Waals surface area contributed by atoms with Crippen molar-refractivity contribution in [3.8, 4) is 0 Å². The van der Waals surface area contributed by atoms with Gasteiger partial charge in [-0.25, -0.2) is 0 Å². The van der Waals surface area contributed by atoms with Crippen molar-refractivity contribution in [1.82, 2.24) is 0 Å². The number of carboxylic acid groups (broad SMARTS) is 2. The van der Waals surface area contributed by atoms with Gasteiger partial charge < -0.3 is 19.8 Å². The maximum absolute atomic E-state index is 8.93. The number of carbonyl (C=O) groups is 2. The molecule has 0 aliphatic heterocycles. The Kier molecular flexibility index (Phi) is 71.7. The van der Waals surface area contributed by atoms with Crippen LogP contribution in [0, 0.1) is 0 Å². The molecular weight excluding hydrogens is 340 g/mol. The third-order valence-corrected chi connectivity index (χ3v) is 0.167. The number of rotatable bonds is 0. The van der Waals surface area contributed by atoms with Crippen molar-refractivity contribution >= 4 is 11.9 Å². The summed E-state index contributed by atoms with van der Waals surface area (Å²) in [6, 6.07) is 0. The Bertz CT molecular complexity index is 146. The number of carbonyl (C=O) groups excluding carboxylic acids is 2. The summed E-state index contributed by atoms with van der Waals surface area (Å²) >= 11 is -4.08. The van der Waals surface area contributed by atoms with Crippen molar-refractivity contribution in [3.05, 3.63) is 0 Å². The summed E-state index contributed by atoms with van der Waals surface area (Å²) < 4.78 is 25.8. The first-order chi connectivity index (χ1) is 4.37. The quantitative estimate of drug-likeness (QED) is 0.314. The second-order valence-electron chi connectivity index (χ2n) is 0.825. The Hall–Kier alpha value is 5.92. The monoisotopic (exact) mass is 340 g/mol. The molecule has 0 fully saturated rings. The van der Waals surface area contributed by atoms with E-state index in [2.05, 4.69) is 0 Å². The van der Waals surface area contributed by atoms with E-state index in [1.165, 1.54) is 0 Å². The Morgan fingerprint density at radius 2 is 0.857 bits per heavy atom. The Balaban J connectivity index is -0.0000000185. The van der Waals surface area contributed by atoms with E-state index >= 15 is 0 Å². The van der Waals surface area contributed by atoms with Crippen LogP contribution in [0.4, 0.5) is 0 Å². The zero-order chi connectivity index (χ0) is 8.73. The van der Waals surface area contributed by atoms with Crippen molar-refractivity contribution in [1.29, 1.82) is 0 Å². The van der Waals surface area contributed by atoms with Crippen LogP contribution in [0.25, 0.3) is 0 Å². The van der Waals surface area contributed by atoms with Gasteiger partial charge in [-0.15, -0.1) is 0 Å². The van der Waals surface area contributed by atoms with Gasteiger partial charge in [0.1, 0.15) is 0 Å². The van der Waals surface area contributed by atoms with E-state index in [0.717, 1.165) is 0 Å². The SMILES string of the molecule is O=C([O-])C(=O)[O-].[K+].[K+].[K+].[K+].[O]=[Ti]([O-])[O-]. The minimum atomic E-state index is -4.08. The number of hydrogen-bond donors (Lipinski definition) is 0. The van der Waals surface area contributed by atoms with Gasteiger partial charge in [0.15, 0.2) is 0 Å². The van der Waals surface area contributed by atoms with Crippen molar-refractivity contribution in [2.75, 3.05) is 0 Å². The number of hydrogen-bond acceptors (Lipinski definition) is 7. The van der Waals surface area contributed by atoms with Crippen molar-refractivity contribution in [2.24, 2.45) is 0 Å². The van der Waals surface area contributed by atoms with Crippen LogP contribution in [0.3, 0.4) is 0 Å². The van der Waals surface area contributed by atoms with Gasteiger partial charge >= 0.3 is 235 Å². The predicted octanol–water partition coefficient (Wildman–Crippen LogP) is -18.0. The molecule has 0 aromatic carbocycles. The van der Waals surface area contributed by atoms with Crippen LogP contribution in [-0.4, -0.2) is 11.9 Å². The zero-order valence-electron chi connectivity index (χ0n) is 8.36. The first-order valence-electron chi connectivity index (χ1n) is 1.68. The van der Waals surface area contributed by atoms with Crippen LogP contribution in [0.5, 0.6) is 0 Å². The molecular formula is C2K4O7Ti. The maximum atomic E-state index is 8.93. The fourth-order valence-electron chi connectivity index (χ4n) is 0. The van der Waals surface area contributed by atoms with E-state index in [0.29, 0.717) is 0 Å². The molecule has 0 aromatic heterocycles. The summed E-state index contributed by atoms with van der Waals surface area (Å²) in [4.78, 5) is 17.9. The molecule has 0 aliphatic rings. The summed E-state index contributed by atoms with van der Waals surface area (Å²) in [6.45, 7) is 0. The first-order valence-corrected chi connectivity index (χ1v) is 3.59. The first kappa shape index (κ1) is 36.8. The summed E-state index contributed by atoms with van der Waals surface area (Å²) in [7, 11) is 0. The van der Waals surface area contributed by atoms with Gasteiger partial charge in [0, 0.05) is 0 Å². The molecule has 0 heterocycles. The number of aliphatic carboxylic acids is 2. The average Bonchev–Trinajstić information content (AvgIpc) is 1.63. The summed E-state index contributed by atoms with van der Waals surface area (Å²) in [5.41, 5.74) is 0. The van der Waals surface area contributed by atoms with Gasteiger partial charge in [-0.05, 0) is 0 Å². The van der Waals surface area contributed by atoms with Crippen LogP contribution >= 0.6 is 0 Å². The standard InChI is InChI=1S/C2H2O4.4K.3O.Ti/c3-1(4)2(5)6;;;;;;;;/h(H,3,4)(H,5,6);;;;;;;;/q;4*+1;;2*-1;/p-2. The van der Waals surface area contributed by atoms with Crippen molar-refractivity contribution < 1.29 is 255 Å². The van der Waals surface area contributed by atoms with Gasteiger partial charge in [0.2, 0.25) is 0 Å². The molecule has 0 N–H and O–H groups in total. The van der Waals surface area contributed by atoms with Crippen LogP contribution in [0.2, 0.25) is 0 Å². The van der Waals surface area contributed by atoms with Crippen molar-refractivity contribution in [3.63, 3.8) is 0 Å². The molecule has 0 atom stereocenters. The fraction of sp³-hybridized carbons (Fsp3) is 0. The molecule has 0 unspecified atom stereocenters. The molecule has 0 aliphatic carbocycles. The minimum absolute atomic E-state index is 0. The predicted molar refractivity (Wildman–Crippen MR) is 10.7 cm³/mol. The zero-order valence-corrected chi connectivity index (χ0v) is 22.4. The average molecular weight is 340 g/mol. The molecule has 0 bridgehead atoms. The van der Waals surface area contributed by atoms with E-state index in [9.17, 15) is 0 Å². The third kappa shape index (κ3) is 52.1. The van der Waals surface area contributed by atoms with Crippen molar-refractivity contribution in [2.45, 2.75) is 0 Å². The van der Waals surface area contributed by atoms with E-state index in [1.54, 1.807) is 0 Å². The molecule has 0 rings (SSSR count). The van der Waals surface area contributed by atoms with Crippen LogP contribution < -0.4 is 223 Å². The van der Waals surface area contributed by atoms with Crippen LogP contribution in [-0.2, 0) is 31.5 Å². The Morgan fingerprint density at radius 1 is 0.786 bits per heavy atom. The number of carboxylic acids is 2. The normalized spacial score (nSPS) is 5.00. The van der Waals surface area contributed by atoms with Gasteiger partial charge in [0.05, 0.1) is 11.9 Å². The van der Waals surface area contributed by atoms with Crippen LogP contribution in [0.15, 0.2) is 0 Å². The molecule has 0 aromatic rings. The second kappa shape index (κ2) is 27.3. The topological polar surface area (TPSA) is 143 Å². The summed E-state index contributed by atoms with van der Waals surface area (Å²) in [6.07, 6.45) is 0. The molecule has 0 spiro atoms. The van der Waals surface area contributed by atoms with E-state index in [1.807, 2.05) is 0 Å². The molecule has 0 saturated heterocycles. The molecule has 0 radical (unpaired) electrons. The second-order valence-corrected chi connectivity index (χ2v) is 1.61. The summed E-state index contributed by atoms with van der Waals surface area (Å²) in [5, 5.41) is 17.9. The fourth-order valence-corrected chi connectivity index (χ4v) is 0. The molecule has 0 amide bonds. The van der Waals surface area contributed by atoms with Gasteiger partial charge in [-0.3, -0.25) is 0 Å². The molecule has 14 heavy (non-hydrogen) atoms. The summed E-state index contributed by atoms with van der Waals surface area (Å²) in [5.74, 6) is -4.37. The Labute approximate surface area is 257 Å². The molecule has 12 heteroatoms.